The lowest BCUT2D eigenvalue weighted by atomic mass is 9.97. The standard InChI is InChI=1S/C34H39N3O2S/c1-24-10-7-15-28(20-24)23-37-30-22-29(33(38)35-18-9-19-36-25(2)11-8-12-26(36)3)16-17-31(30)40-32(34(37)39)21-27-13-5-4-6-14-27/h4-7,10,13-17,20-22,25-26H,8-9,11-12,18-19,23H2,1-3H3,(H,35,38)/b32-21-/t25-,26-/m0/s1. The third-order valence-corrected chi connectivity index (χ3v) is 9.04. The molecule has 2 atom stereocenters. The molecule has 2 aliphatic heterocycles. The molecule has 2 aliphatic rings. The molecule has 1 fully saturated rings. The van der Waals surface area contributed by atoms with Gasteiger partial charge in [0.2, 0.25) is 0 Å². The van der Waals surface area contributed by atoms with Crippen molar-refractivity contribution in [3.8, 4) is 0 Å². The highest BCUT2D eigenvalue weighted by molar-refractivity contribution is 8.04. The lowest BCUT2D eigenvalue weighted by Crippen LogP contribution is -2.44. The average Bonchev–Trinajstić information content (AvgIpc) is 2.95. The van der Waals surface area contributed by atoms with Gasteiger partial charge >= 0.3 is 0 Å². The summed E-state index contributed by atoms with van der Waals surface area (Å²) in [6, 6.07) is 25.1. The van der Waals surface area contributed by atoms with E-state index in [1.54, 1.807) is 0 Å². The lowest BCUT2D eigenvalue weighted by Gasteiger charge is -2.39. The molecule has 0 aromatic heterocycles. The Labute approximate surface area is 242 Å². The van der Waals surface area contributed by atoms with Gasteiger partial charge in [-0.25, -0.2) is 0 Å². The maximum absolute atomic E-state index is 13.8. The number of hydrogen-bond acceptors (Lipinski definition) is 4. The Hall–Kier alpha value is -3.35. The SMILES string of the molecule is Cc1cccc(CN2C(=O)/C(=C/c3ccccc3)Sc3ccc(C(=O)NCCCN4[C@@H](C)CCC[C@@H]4C)cc32)c1. The largest absolute Gasteiger partial charge is 0.352 e. The Balaban J connectivity index is 1.34. The molecule has 0 saturated carbocycles. The van der Waals surface area contributed by atoms with Crippen LogP contribution in [0.25, 0.3) is 6.08 Å². The van der Waals surface area contributed by atoms with E-state index in [4.69, 9.17) is 0 Å². The van der Waals surface area contributed by atoms with E-state index in [0.29, 0.717) is 35.6 Å². The number of thioether (sulfide) groups is 1. The van der Waals surface area contributed by atoms with Crippen LogP contribution in [0.3, 0.4) is 0 Å². The Morgan fingerprint density at radius 2 is 1.77 bits per heavy atom. The van der Waals surface area contributed by atoms with Crippen LogP contribution in [0.15, 0.2) is 82.6 Å². The number of hydrogen-bond donors (Lipinski definition) is 1. The third kappa shape index (κ3) is 6.68. The second-order valence-electron chi connectivity index (χ2n) is 11.1. The van der Waals surface area contributed by atoms with Crippen LogP contribution in [0.2, 0.25) is 0 Å². The van der Waals surface area contributed by atoms with Gasteiger partial charge in [0.15, 0.2) is 0 Å². The molecule has 3 aromatic rings. The topological polar surface area (TPSA) is 52.7 Å². The van der Waals surface area contributed by atoms with Crippen molar-refractivity contribution >= 4 is 35.3 Å². The van der Waals surface area contributed by atoms with Gasteiger partial charge in [0.05, 0.1) is 17.1 Å². The van der Waals surface area contributed by atoms with Gasteiger partial charge in [-0.05, 0) is 75.4 Å². The van der Waals surface area contributed by atoms with Gasteiger partial charge in [0, 0.05) is 35.6 Å². The first-order valence-corrected chi connectivity index (χ1v) is 15.2. The number of fused-ring (bicyclic) bond motifs is 1. The lowest BCUT2D eigenvalue weighted by molar-refractivity contribution is -0.114. The molecule has 2 amide bonds. The quantitative estimate of drug-likeness (QED) is 0.240. The van der Waals surface area contributed by atoms with E-state index in [9.17, 15) is 9.59 Å². The Kier molecular flexibility index (Phi) is 9.08. The fourth-order valence-electron chi connectivity index (χ4n) is 5.78. The van der Waals surface area contributed by atoms with E-state index in [1.807, 2.05) is 71.6 Å². The fourth-order valence-corrected chi connectivity index (χ4v) is 6.82. The Morgan fingerprint density at radius 1 is 1.00 bits per heavy atom. The van der Waals surface area contributed by atoms with Crippen molar-refractivity contribution in [2.45, 2.75) is 70.0 Å². The van der Waals surface area contributed by atoms with Gasteiger partial charge in [0.1, 0.15) is 0 Å². The first-order chi connectivity index (χ1) is 19.4. The van der Waals surface area contributed by atoms with Crippen LogP contribution in [-0.2, 0) is 11.3 Å². The van der Waals surface area contributed by atoms with Crippen LogP contribution in [0.1, 0.15) is 66.6 Å². The maximum atomic E-state index is 13.8. The molecule has 0 bridgehead atoms. The average molecular weight is 554 g/mol. The summed E-state index contributed by atoms with van der Waals surface area (Å²) in [5.74, 6) is -0.147. The zero-order valence-corrected chi connectivity index (χ0v) is 24.5. The molecule has 3 aromatic carbocycles. The molecule has 0 unspecified atom stereocenters. The van der Waals surface area contributed by atoms with Gasteiger partial charge in [-0.1, -0.05) is 78.3 Å². The van der Waals surface area contributed by atoms with Crippen LogP contribution in [0.4, 0.5) is 5.69 Å². The van der Waals surface area contributed by atoms with Crippen LogP contribution in [-0.4, -0.2) is 41.9 Å². The molecule has 5 rings (SSSR count). The van der Waals surface area contributed by atoms with Crippen LogP contribution >= 0.6 is 11.8 Å². The van der Waals surface area contributed by atoms with Crippen LogP contribution < -0.4 is 10.2 Å². The molecule has 5 nitrogen and oxygen atoms in total. The van der Waals surface area contributed by atoms with Crippen molar-refractivity contribution < 1.29 is 9.59 Å². The van der Waals surface area contributed by atoms with Crippen molar-refractivity contribution in [2.75, 3.05) is 18.0 Å². The minimum Gasteiger partial charge on any atom is -0.352 e. The number of carbonyl (C=O) groups is 2. The summed E-state index contributed by atoms with van der Waals surface area (Å²) in [4.78, 5) is 33.0. The fraction of sp³-hybridized carbons (Fsp3) is 0.353. The number of aryl methyl sites for hydroxylation is 1. The number of nitrogens with zero attached hydrogens (tertiary/aromatic N) is 2. The minimum atomic E-state index is -0.0962. The number of likely N-dealkylation sites (tertiary alicyclic amines) is 1. The third-order valence-electron chi connectivity index (χ3n) is 7.96. The normalized spacial score (nSPS) is 20.4. The molecule has 6 heteroatoms. The van der Waals surface area contributed by atoms with E-state index >= 15 is 0 Å². The summed E-state index contributed by atoms with van der Waals surface area (Å²) in [7, 11) is 0. The molecule has 0 spiro atoms. The van der Waals surface area contributed by atoms with E-state index in [2.05, 4.69) is 43.1 Å². The summed E-state index contributed by atoms with van der Waals surface area (Å²) in [5, 5.41) is 3.11. The van der Waals surface area contributed by atoms with Gasteiger partial charge in [0.25, 0.3) is 11.8 Å². The molecule has 1 N–H and O–H groups in total. The summed E-state index contributed by atoms with van der Waals surface area (Å²) in [5.41, 5.74) is 4.56. The molecule has 2 heterocycles. The van der Waals surface area contributed by atoms with E-state index in [1.165, 1.54) is 31.0 Å². The van der Waals surface area contributed by atoms with Gasteiger partial charge in [-0.15, -0.1) is 0 Å². The Bertz CT molecular complexity index is 1380. The molecule has 40 heavy (non-hydrogen) atoms. The number of carbonyl (C=O) groups excluding carboxylic acids is 2. The molecule has 0 radical (unpaired) electrons. The molecule has 0 aliphatic carbocycles. The Morgan fingerprint density at radius 3 is 2.52 bits per heavy atom. The first-order valence-electron chi connectivity index (χ1n) is 14.4. The van der Waals surface area contributed by atoms with E-state index < -0.39 is 0 Å². The number of nitrogens with one attached hydrogen (secondary N) is 1. The van der Waals surface area contributed by atoms with Crippen LogP contribution in [0.5, 0.6) is 0 Å². The molecule has 208 valence electrons. The van der Waals surface area contributed by atoms with Gasteiger partial charge in [-0.2, -0.15) is 0 Å². The predicted molar refractivity (Wildman–Crippen MR) is 166 cm³/mol. The van der Waals surface area contributed by atoms with Crippen molar-refractivity contribution in [1.82, 2.24) is 10.2 Å². The highest BCUT2D eigenvalue weighted by Crippen LogP contribution is 2.43. The number of piperidine rings is 1. The number of amides is 2. The zero-order valence-electron chi connectivity index (χ0n) is 23.7. The number of anilines is 1. The first kappa shape index (κ1) is 28.2. The van der Waals surface area contributed by atoms with Crippen molar-refractivity contribution in [1.29, 1.82) is 0 Å². The van der Waals surface area contributed by atoms with E-state index in [0.717, 1.165) is 40.2 Å². The smallest absolute Gasteiger partial charge is 0.265 e. The maximum Gasteiger partial charge on any atom is 0.265 e. The summed E-state index contributed by atoms with van der Waals surface area (Å²) in [6.45, 7) is 8.75. The predicted octanol–water partition coefficient (Wildman–Crippen LogP) is 7.06. The minimum absolute atomic E-state index is 0.0508. The second kappa shape index (κ2) is 12.9. The molecular formula is C34H39N3O2S. The molecule has 1 saturated heterocycles. The second-order valence-corrected chi connectivity index (χ2v) is 12.1. The van der Waals surface area contributed by atoms with Crippen LogP contribution in [0, 0.1) is 6.92 Å². The highest BCUT2D eigenvalue weighted by atomic mass is 32.2. The number of rotatable bonds is 8. The summed E-state index contributed by atoms with van der Waals surface area (Å²) < 4.78 is 0. The monoisotopic (exact) mass is 553 g/mol. The molecular weight excluding hydrogens is 514 g/mol. The van der Waals surface area contributed by atoms with E-state index in [-0.39, 0.29) is 11.8 Å². The van der Waals surface area contributed by atoms with Gasteiger partial charge < -0.3 is 10.2 Å². The number of benzene rings is 3. The van der Waals surface area contributed by atoms with Crippen molar-refractivity contribution in [3.63, 3.8) is 0 Å². The van der Waals surface area contributed by atoms with Crippen molar-refractivity contribution in [3.05, 3.63) is 100.0 Å². The summed E-state index contributed by atoms with van der Waals surface area (Å²) >= 11 is 1.47. The summed E-state index contributed by atoms with van der Waals surface area (Å²) in [6.07, 6.45) is 6.68. The van der Waals surface area contributed by atoms with Gasteiger partial charge in [-0.3, -0.25) is 14.5 Å². The zero-order chi connectivity index (χ0) is 28.1. The highest BCUT2D eigenvalue weighted by Gasteiger charge is 2.30. The van der Waals surface area contributed by atoms with Crippen molar-refractivity contribution in [2.24, 2.45) is 0 Å².